The number of hydrogen-bond acceptors (Lipinski definition) is 4. The Bertz CT molecular complexity index is 267. The molecule has 5 heteroatoms. The first-order valence-corrected chi connectivity index (χ1v) is 3.50. The first-order chi connectivity index (χ1) is 5.11. The van der Waals surface area contributed by atoms with Crippen LogP contribution in [0, 0.1) is 0 Å². The van der Waals surface area contributed by atoms with Gasteiger partial charge >= 0.3 is 7.12 Å². The van der Waals surface area contributed by atoms with Gasteiger partial charge in [-0.15, -0.1) is 12.6 Å². The number of rotatable bonds is 1. The largest absolute Gasteiger partial charge is 0.490 e. The standard InChI is InChI=1S/C6H8BNO2S/c8-6-3-4(11)1-2-5(6)7(9)10/h1-3,9-11H,8H2. The normalized spacial score (nSPS) is 9.73. The topological polar surface area (TPSA) is 66.5 Å². The average Bonchev–Trinajstić information content (AvgIpc) is 1.85. The molecule has 1 aromatic rings. The fourth-order valence-electron chi connectivity index (χ4n) is 0.797. The molecule has 0 fully saturated rings. The average molecular weight is 169 g/mol. The highest BCUT2D eigenvalue weighted by molar-refractivity contribution is 7.80. The first kappa shape index (κ1) is 8.45. The summed E-state index contributed by atoms with van der Waals surface area (Å²) in [4.78, 5) is 0.701. The Balaban J connectivity index is 3.09. The lowest BCUT2D eigenvalue weighted by Gasteiger charge is -2.03. The number of nitrogens with two attached hydrogens (primary N) is 1. The summed E-state index contributed by atoms with van der Waals surface area (Å²) in [5.74, 6) is 0. The van der Waals surface area contributed by atoms with Gasteiger partial charge in [0.15, 0.2) is 0 Å². The Kier molecular flexibility index (Phi) is 2.43. The summed E-state index contributed by atoms with van der Waals surface area (Å²) in [5.41, 5.74) is 6.10. The van der Waals surface area contributed by atoms with E-state index in [-0.39, 0.29) is 0 Å². The third kappa shape index (κ3) is 1.89. The maximum atomic E-state index is 8.75. The number of benzene rings is 1. The Morgan fingerprint density at radius 1 is 1.36 bits per heavy atom. The second-order valence-corrected chi connectivity index (χ2v) is 2.70. The third-order valence-electron chi connectivity index (χ3n) is 1.35. The van der Waals surface area contributed by atoms with E-state index in [1.165, 1.54) is 6.07 Å². The third-order valence-corrected chi connectivity index (χ3v) is 1.63. The molecule has 0 aliphatic carbocycles. The number of hydrogen-bond donors (Lipinski definition) is 4. The second-order valence-electron chi connectivity index (χ2n) is 2.19. The SMILES string of the molecule is Nc1cc(S)ccc1B(O)O. The molecule has 0 heterocycles. The highest BCUT2D eigenvalue weighted by Crippen LogP contribution is 2.08. The fraction of sp³-hybridized carbons (Fsp3) is 0. The van der Waals surface area contributed by atoms with Crippen LogP contribution in [0.3, 0.4) is 0 Å². The van der Waals surface area contributed by atoms with Gasteiger partial charge in [0.1, 0.15) is 0 Å². The maximum Gasteiger partial charge on any atom is 0.490 e. The Hall–Kier alpha value is -0.645. The van der Waals surface area contributed by atoms with Crippen molar-refractivity contribution < 1.29 is 10.0 Å². The molecule has 1 rings (SSSR count). The minimum Gasteiger partial charge on any atom is -0.423 e. The summed E-state index contributed by atoms with van der Waals surface area (Å²) in [6, 6.07) is 4.74. The first-order valence-electron chi connectivity index (χ1n) is 3.06. The van der Waals surface area contributed by atoms with Crippen LogP contribution in [0.1, 0.15) is 0 Å². The van der Waals surface area contributed by atoms with Gasteiger partial charge in [0.2, 0.25) is 0 Å². The summed E-state index contributed by atoms with van der Waals surface area (Å²) in [5, 5.41) is 17.5. The zero-order chi connectivity index (χ0) is 8.43. The van der Waals surface area contributed by atoms with E-state index in [0.717, 1.165) is 0 Å². The molecule has 0 unspecified atom stereocenters. The van der Waals surface area contributed by atoms with Gasteiger partial charge in [0.05, 0.1) is 0 Å². The monoisotopic (exact) mass is 169 g/mol. The van der Waals surface area contributed by atoms with Crippen LogP contribution in [-0.4, -0.2) is 17.2 Å². The Morgan fingerprint density at radius 2 is 2.00 bits per heavy atom. The van der Waals surface area contributed by atoms with E-state index < -0.39 is 7.12 Å². The highest BCUT2D eigenvalue weighted by atomic mass is 32.1. The lowest BCUT2D eigenvalue weighted by atomic mass is 9.79. The second kappa shape index (κ2) is 3.17. The van der Waals surface area contributed by atoms with Gasteiger partial charge in [-0.1, -0.05) is 6.07 Å². The molecular formula is C6H8BNO2S. The molecule has 0 bridgehead atoms. The summed E-state index contributed by atoms with van der Waals surface area (Å²) in [7, 11) is -1.51. The van der Waals surface area contributed by atoms with Crippen molar-refractivity contribution in [2.45, 2.75) is 4.90 Å². The van der Waals surface area contributed by atoms with Crippen LogP contribution in [0.5, 0.6) is 0 Å². The number of nitrogen functional groups attached to an aromatic ring is 1. The van der Waals surface area contributed by atoms with Crippen molar-refractivity contribution in [1.82, 2.24) is 0 Å². The van der Waals surface area contributed by atoms with Crippen LogP contribution < -0.4 is 11.2 Å². The Labute approximate surface area is 70.4 Å². The fourth-order valence-corrected chi connectivity index (χ4v) is 1.01. The maximum absolute atomic E-state index is 8.75. The lowest BCUT2D eigenvalue weighted by Crippen LogP contribution is -2.32. The van der Waals surface area contributed by atoms with Crippen molar-refractivity contribution >= 4 is 30.9 Å². The molecular weight excluding hydrogens is 161 g/mol. The van der Waals surface area contributed by atoms with E-state index in [2.05, 4.69) is 12.6 Å². The molecule has 0 aliphatic rings. The number of thiol groups is 1. The van der Waals surface area contributed by atoms with Crippen LogP contribution in [0.25, 0.3) is 0 Å². The molecule has 4 N–H and O–H groups in total. The molecule has 11 heavy (non-hydrogen) atoms. The van der Waals surface area contributed by atoms with E-state index in [9.17, 15) is 0 Å². The molecule has 0 amide bonds. The highest BCUT2D eigenvalue weighted by Gasteiger charge is 2.13. The van der Waals surface area contributed by atoms with E-state index in [1.54, 1.807) is 12.1 Å². The van der Waals surface area contributed by atoms with Gasteiger partial charge in [-0.05, 0) is 12.1 Å². The van der Waals surface area contributed by atoms with E-state index in [4.69, 9.17) is 15.8 Å². The van der Waals surface area contributed by atoms with Crippen molar-refractivity contribution in [3.63, 3.8) is 0 Å². The zero-order valence-corrected chi connectivity index (χ0v) is 6.62. The van der Waals surface area contributed by atoms with Gasteiger partial charge in [-0.3, -0.25) is 0 Å². The number of anilines is 1. The van der Waals surface area contributed by atoms with E-state index in [0.29, 0.717) is 16.0 Å². The van der Waals surface area contributed by atoms with Crippen molar-refractivity contribution in [3.8, 4) is 0 Å². The summed E-state index contributed by atoms with van der Waals surface area (Å²) < 4.78 is 0. The van der Waals surface area contributed by atoms with Gasteiger partial charge in [0, 0.05) is 16.0 Å². The van der Waals surface area contributed by atoms with Crippen LogP contribution in [0.15, 0.2) is 23.1 Å². The van der Waals surface area contributed by atoms with Gasteiger partial charge in [0.25, 0.3) is 0 Å². The minimum atomic E-state index is -1.51. The molecule has 1 aromatic carbocycles. The molecule has 0 saturated carbocycles. The summed E-state index contributed by atoms with van der Waals surface area (Å²) in [6.45, 7) is 0. The van der Waals surface area contributed by atoms with Crippen molar-refractivity contribution in [1.29, 1.82) is 0 Å². The van der Waals surface area contributed by atoms with Crippen molar-refractivity contribution in [3.05, 3.63) is 18.2 Å². The molecule has 0 saturated heterocycles. The van der Waals surface area contributed by atoms with Gasteiger partial charge in [-0.2, -0.15) is 0 Å². The quantitative estimate of drug-likeness (QED) is 0.253. The van der Waals surface area contributed by atoms with E-state index in [1.807, 2.05) is 0 Å². The molecule has 0 aromatic heterocycles. The van der Waals surface area contributed by atoms with E-state index >= 15 is 0 Å². The molecule has 58 valence electrons. The lowest BCUT2D eigenvalue weighted by molar-refractivity contribution is 0.426. The van der Waals surface area contributed by atoms with Crippen LogP contribution in [-0.2, 0) is 0 Å². The summed E-state index contributed by atoms with van der Waals surface area (Å²) in [6.07, 6.45) is 0. The summed E-state index contributed by atoms with van der Waals surface area (Å²) >= 11 is 4.03. The predicted molar refractivity (Wildman–Crippen MR) is 47.9 cm³/mol. The molecule has 0 spiro atoms. The molecule has 0 aliphatic heterocycles. The zero-order valence-electron chi connectivity index (χ0n) is 5.73. The molecule has 0 atom stereocenters. The van der Waals surface area contributed by atoms with Gasteiger partial charge in [-0.25, -0.2) is 0 Å². The van der Waals surface area contributed by atoms with Crippen molar-refractivity contribution in [2.24, 2.45) is 0 Å². The smallest absolute Gasteiger partial charge is 0.423 e. The van der Waals surface area contributed by atoms with Crippen molar-refractivity contribution in [2.75, 3.05) is 5.73 Å². The predicted octanol–water partition coefficient (Wildman–Crippen LogP) is -0.763. The Morgan fingerprint density at radius 3 is 2.45 bits per heavy atom. The minimum absolute atomic E-state index is 0.308. The van der Waals surface area contributed by atoms with Crippen LogP contribution in [0.4, 0.5) is 5.69 Å². The molecule has 0 radical (unpaired) electrons. The van der Waals surface area contributed by atoms with Gasteiger partial charge < -0.3 is 15.8 Å². The van der Waals surface area contributed by atoms with Crippen LogP contribution >= 0.6 is 12.6 Å². The molecule has 3 nitrogen and oxygen atoms in total. The van der Waals surface area contributed by atoms with Crippen LogP contribution in [0.2, 0.25) is 0 Å².